The van der Waals surface area contributed by atoms with Crippen molar-refractivity contribution in [1.82, 2.24) is 4.98 Å². The molecular formula is C14H16N4O. The van der Waals surface area contributed by atoms with Crippen molar-refractivity contribution in [2.24, 2.45) is 11.5 Å². The Kier molecular flexibility index (Phi) is 4.10. The van der Waals surface area contributed by atoms with E-state index in [0.29, 0.717) is 17.9 Å². The van der Waals surface area contributed by atoms with Gasteiger partial charge in [0, 0.05) is 18.8 Å². The van der Waals surface area contributed by atoms with Crippen LogP contribution in [-0.4, -0.2) is 17.4 Å². The molecule has 98 valence electrons. The number of nitrogens with zero attached hydrogens (tertiary/aromatic N) is 1. The first-order valence-electron chi connectivity index (χ1n) is 5.97. The molecule has 1 aromatic carbocycles. The fourth-order valence-corrected chi connectivity index (χ4v) is 1.77. The van der Waals surface area contributed by atoms with Crippen LogP contribution in [0.1, 0.15) is 22.0 Å². The Morgan fingerprint density at radius 3 is 2.63 bits per heavy atom. The van der Waals surface area contributed by atoms with Crippen LogP contribution in [0.15, 0.2) is 48.7 Å². The highest BCUT2D eigenvalue weighted by Gasteiger charge is 2.10. The minimum atomic E-state index is -0.510. The molecule has 0 spiro atoms. The molecule has 0 bridgehead atoms. The molecule has 2 rings (SSSR count). The van der Waals surface area contributed by atoms with Gasteiger partial charge in [-0.05, 0) is 17.7 Å². The average molecular weight is 256 g/mol. The Morgan fingerprint density at radius 1 is 1.21 bits per heavy atom. The zero-order chi connectivity index (χ0) is 13.7. The topological polar surface area (TPSA) is 94.0 Å². The highest BCUT2D eigenvalue weighted by molar-refractivity contribution is 5.97. The number of anilines is 1. The molecule has 0 saturated heterocycles. The van der Waals surface area contributed by atoms with Gasteiger partial charge in [0.05, 0.1) is 5.56 Å². The predicted molar refractivity (Wildman–Crippen MR) is 74.6 cm³/mol. The van der Waals surface area contributed by atoms with Gasteiger partial charge in [0.2, 0.25) is 0 Å². The molecule has 0 aliphatic heterocycles. The van der Waals surface area contributed by atoms with Gasteiger partial charge in [-0.25, -0.2) is 4.98 Å². The molecule has 1 atom stereocenters. The van der Waals surface area contributed by atoms with Crippen LogP contribution in [-0.2, 0) is 0 Å². The molecule has 5 heteroatoms. The van der Waals surface area contributed by atoms with Gasteiger partial charge in [-0.2, -0.15) is 0 Å². The van der Waals surface area contributed by atoms with E-state index in [4.69, 9.17) is 11.5 Å². The number of amides is 1. The maximum absolute atomic E-state index is 11.2. The second-order valence-corrected chi connectivity index (χ2v) is 4.16. The first-order chi connectivity index (χ1) is 9.18. The number of carbonyl (C=O) groups is 1. The standard InChI is InChI=1S/C14H16N4O/c15-12(10-5-2-1-3-6-10)9-18-14-11(13(16)19)7-4-8-17-14/h1-8,12H,9,15H2,(H2,16,19)(H,17,18). The van der Waals surface area contributed by atoms with Crippen molar-refractivity contribution in [2.45, 2.75) is 6.04 Å². The zero-order valence-electron chi connectivity index (χ0n) is 10.4. The van der Waals surface area contributed by atoms with Gasteiger partial charge in [0.25, 0.3) is 5.91 Å². The van der Waals surface area contributed by atoms with E-state index in [1.54, 1.807) is 18.3 Å². The van der Waals surface area contributed by atoms with Crippen molar-refractivity contribution < 1.29 is 4.79 Å². The van der Waals surface area contributed by atoms with E-state index in [9.17, 15) is 4.79 Å². The Hall–Kier alpha value is -2.40. The van der Waals surface area contributed by atoms with E-state index < -0.39 is 5.91 Å². The van der Waals surface area contributed by atoms with E-state index in [1.165, 1.54) is 0 Å². The van der Waals surface area contributed by atoms with Gasteiger partial charge in [-0.3, -0.25) is 4.79 Å². The molecule has 0 fully saturated rings. The van der Waals surface area contributed by atoms with Crippen LogP contribution in [0.4, 0.5) is 5.82 Å². The van der Waals surface area contributed by atoms with Gasteiger partial charge < -0.3 is 16.8 Å². The summed E-state index contributed by atoms with van der Waals surface area (Å²) in [5.41, 5.74) is 12.7. The Balaban J connectivity index is 2.05. The fourth-order valence-electron chi connectivity index (χ4n) is 1.77. The summed E-state index contributed by atoms with van der Waals surface area (Å²) in [6.45, 7) is 0.474. The third-order valence-electron chi connectivity index (χ3n) is 2.79. The molecule has 1 heterocycles. The van der Waals surface area contributed by atoms with Crippen molar-refractivity contribution in [1.29, 1.82) is 0 Å². The first-order valence-corrected chi connectivity index (χ1v) is 5.97. The zero-order valence-corrected chi connectivity index (χ0v) is 10.4. The molecule has 19 heavy (non-hydrogen) atoms. The van der Waals surface area contributed by atoms with E-state index in [2.05, 4.69) is 10.3 Å². The molecule has 5 nitrogen and oxygen atoms in total. The largest absolute Gasteiger partial charge is 0.368 e. The number of pyridine rings is 1. The minimum absolute atomic E-state index is 0.177. The van der Waals surface area contributed by atoms with Crippen molar-refractivity contribution in [3.63, 3.8) is 0 Å². The van der Waals surface area contributed by atoms with Crippen LogP contribution in [0.2, 0.25) is 0 Å². The van der Waals surface area contributed by atoms with Gasteiger partial charge in [0.15, 0.2) is 0 Å². The lowest BCUT2D eigenvalue weighted by Gasteiger charge is -2.14. The lowest BCUT2D eigenvalue weighted by Crippen LogP contribution is -2.23. The fraction of sp³-hybridized carbons (Fsp3) is 0.143. The normalized spacial score (nSPS) is 11.8. The Bertz CT molecular complexity index is 556. The summed E-state index contributed by atoms with van der Waals surface area (Å²) in [6.07, 6.45) is 1.60. The maximum Gasteiger partial charge on any atom is 0.252 e. The summed E-state index contributed by atoms with van der Waals surface area (Å²) in [5.74, 6) is -0.0507. The van der Waals surface area contributed by atoms with E-state index in [0.717, 1.165) is 5.56 Å². The molecule has 0 saturated carbocycles. The highest BCUT2D eigenvalue weighted by atomic mass is 16.1. The number of hydrogen-bond donors (Lipinski definition) is 3. The molecule has 1 unspecified atom stereocenters. The lowest BCUT2D eigenvalue weighted by molar-refractivity contribution is 0.100. The monoisotopic (exact) mass is 256 g/mol. The van der Waals surface area contributed by atoms with Gasteiger partial charge in [-0.15, -0.1) is 0 Å². The Morgan fingerprint density at radius 2 is 1.95 bits per heavy atom. The molecule has 1 aromatic heterocycles. The second-order valence-electron chi connectivity index (χ2n) is 4.16. The number of aromatic nitrogens is 1. The van der Waals surface area contributed by atoms with Gasteiger partial charge in [-0.1, -0.05) is 30.3 Å². The van der Waals surface area contributed by atoms with Gasteiger partial charge >= 0.3 is 0 Å². The SMILES string of the molecule is NC(=O)c1cccnc1NCC(N)c1ccccc1. The van der Waals surface area contributed by atoms with Crippen LogP contribution in [0.5, 0.6) is 0 Å². The van der Waals surface area contributed by atoms with E-state index in [1.807, 2.05) is 30.3 Å². The summed E-state index contributed by atoms with van der Waals surface area (Å²) < 4.78 is 0. The number of benzene rings is 1. The average Bonchev–Trinajstić information content (AvgIpc) is 2.46. The molecule has 5 N–H and O–H groups in total. The summed E-state index contributed by atoms with van der Waals surface area (Å²) in [4.78, 5) is 15.3. The van der Waals surface area contributed by atoms with E-state index >= 15 is 0 Å². The number of primary amides is 1. The van der Waals surface area contributed by atoms with Crippen molar-refractivity contribution in [3.05, 3.63) is 59.8 Å². The lowest BCUT2D eigenvalue weighted by atomic mass is 10.1. The van der Waals surface area contributed by atoms with Gasteiger partial charge in [0.1, 0.15) is 5.82 Å². The predicted octanol–water partition coefficient (Wildman–Crippen LogP) is 1.29. The summed E-state index contributed by atoms with van der Waals surface area (Å²) >= 11 is 0. The summed E-state index contributed by atoms with van der Waals surface area (Å²) in [5, 5.41) is 3.06. The maximum atomic E-state index is 11.2. The molecule has 2 aromatic rings. The third kappa shape index (κ3) is 3.29. The molecule has 0 aliphatic rings. The Labute approximate surface area is 111 Å². The number of nitrogens with two attached hydrogens (primary N) is 2. The smallest absolute Gasteiger partial charge is 0.252 e. The van der Waals surface area contributed by atoms with Crippen LogP contribution < -0.4 is 16.8 Å². The third-order valence-corrected chi connectivity index (χ3v) is 2.79. The number of rotatable bonds is 5. The van der Waals surface area contributed by atoms with Crippen LogP contribution in [0, 0.1) is 0 Å². The van der Waals surface area contributed by atoms with Crippen LogP contribution in [0.25, 0.3) is 0 Å². The molecule has 0 radical (unpaired) electrons. The van der Waals surface area contributed by atoms with Crippen molar-refractivity contribution >= 4 is 11.7 Å². The van der Waals surface area contributed by atoms with E-state index in [-0.39, 0.29) is 6.04 Å². The number of hydrogen-bond acceptors (Lipinski definition) is 4. The molecule has 0 aliphatic carbocycles. The number of carbonyl (C=O) groups excluding carboxylic acids is 1. The summed E-state index contributed by atoms with van der Waals surface area (Å²) in [7, 11) is 0. The second kappa shape index (κ2) is 5.97. The van der Waals surface area contributed by atoms with Crippen molar-refractivity contribution in [3.8, 4) is 0 Å². The highest BCUT2D eigenvalue weighted by Crippen LogP contribution is 2.14. The summed E-state index contributed by atoms with van der Waals surface area (Å²) in [6, 6.07) is 12.8. The number of nitrogens with one attached hydrogen (secondary N) is 1. The van der Waals surface area contributed by atoms with Crippen LogP contribution in [0.3, 0.4) is 0 Å². The van der Waals surface area contributed by atoms with Crippen molar-refractivity contribution in [2.75, 3.05) is 11.9 Å². The molecular weight excluding hydrogens is 240 g/mol. The first kappa shape index (κ1) is 13.0. The quantitative estimate of drug-likeness (QED) is 0.751. The minimum Gasteiger partial charge on any atom is -0.368 e. The van der Waals surface area contributed by atoms with Crippen LogP contribution >= 0.6 is 0 Å². The molecule has 1 amide bonds.